The van der Waals surface area contributed by atoms with Gasteiger partial charge in [-0.05, 0) is 21.1 Å². The lowest BCUT2D eigenvalue weighted by atomic mass is 10.0. The molecule has 0 spiro atoms. The zero-order valence-electron chi connectivity index (χ0n) is 18.3. The molecule has 1 saturated heterocycles. The average molecular weight is 427 g/mol. The summed E-state index contributed by atoms with van der Waals surface area (Å²) in [4.78, 5) is 16.4. The van der Waals surface area contributed by atoms with Crippen LogP contribution < -0.4 is 20.1 Å². The molecule has 4 atom stereocenters. The van der Waals surface area contributed by atoms with Crippen LogP contribution in [-0.4, -0.2) is 112 Å². The third-order valence-electron chi connectivity index (χ3n) is 5.12. The molecule has 10 nitrogen and oxygen atoms in total. The number of anilines is 1. The standard InChI is InChI=1S/C20H34N4O6/c1-23(2)6-7-24(3)18-16(30-17(12-25)19(18)26)11-21-20(27)22-13-8-14(28-4)10-15(9-13)29-5/h8-10,16-19,25-26H,6-7,11-12H2,1-5H3,(H2,21,22,27)/t16-,17+,18-,19-/m1/s1. The first-order valence-corrected chi connectivity index (χ1v) is 9.86. The number of hydrogen-bond donors (Lipinski definition) is 4. The van der Waals surface area contributed by atoms with Crippen molar-refractivity contribution in [3.63, 3.8) is 0 Å². The van der Waals surface area contributed by atoms with E-state index in [0.717, 1.165) is 6.54 Å². The van der Waals surface area contributed by atoms with E-state index in [2.05, 4.69) is 10.6 Å². The fraction of sp³-hybridized carbons (Fsp3) is 0.650. The van der Waals surface area contributed by atoms with Crippen LogP contribution in [0.5, 0.6) is 11.5 Å². The lowest BCUT2D eigenvalue weighted by Gasteiger charge is -2.31. The molecule has 1 aromatic carbocycles. The van der Waals surface area contributed by atoms with Gasteiger partial charge in [0.25, 0.3) is 0 Å². The zero-order valence-corrected chi connectivity index (χ0v) is 18.3. The first-order chi connectivity index (χ1) is 14.3. The van der Waals surface area contributed by atoms with Crippen LogP contribution >= 0.6 is 0 Å². The van der Waals surface area contributed by atoms with Crippen molar-refractivity contribution in [2.24, 2.45) is 0 Å². The van der Waals surface area contributed by atoms with Crippen molar-refractivity contribution in [2.45, 2.75) is 24.4 Å². The highest BCUT2D eigenvalue weighted by Crippen LogP contribution is 2.26. The molecule has 0 aromatic heterocycles. The van der Waals surface area contributed by atoms with E-state index in [-0.39, 0.29) is 19.2 Å². The van der Waals surface area contributed by atoms with E-state index in [0.29, 0.717) is 23.7 Å². The number of urea groups is 1. The summed E-state index contributed by atoms with van der Waals surface area (Å²) >= 11 is 0. The number of hydrogen-bond acceptors (Lipinski definition) is 8. The largest absolute Gasteiger partial charge is 0.497 e. The van der Waals surface area contributed by atoms with Crippen molar-refractivity contribution < 1.29 is 29.2 Å². The maximum atomic E-state index is 12.4. The second-order valence-electron chi connectivity index (χ2n) is 7.60. The fourth-order valence-corrected chi connectivity index (χ4v) is 3.44. The van der Waals surface area contributed by atoms with E-state index < -0.39 is 24.3 Å². The second-order valence-corrected chi connectivity index (χ2v) is 7.60. The number of nitrogens with one attached hydrogen (secondary N) is 2. The molecular formula is C20H34N4O6. The number of rotatable bonds is 10. The molecule has 10 heteroatoms. The van der Waals surface area contributed by atoms with Crippen LogP contribution in [0.2, 0.25) is 0 Å². The number of aliphatic hydroxyl groups is 2. The monoisotopic (exact) mass is 426 g/mol. The van der Waals surface area contributed by atoms with Crippen molar-refractivity contribution in [3.05, 3.63) is 18.2 Å². The predicted molar refractivity (Wildman–Crippen MR) is 113 cm³/mol. The molecule has 2 rings (SSSR count). The van der Waals surface area contributed by atoms with E-state index in [1.807, 2.05) is 30.9 Å². The molecule has 1 aliphatic rings. The number of carbonyl (C=O) groups is 1. The van der Waals surface area contributed by atoms with Gasteiger partial charge in [0.1, 0.15) is 23.7 Å². The summed E-state index contributed by atoms with van der Waals surface area (Å²) in [7, 11) is 8.92. The van der Waals surface area contributed by atoms with E-state index in [1.165, 1.54) is 14.2 Å². The molecule has 0 bridgehead atoms. The summed E-state index contributed by atoms with van der Waals surface area (Å²) in [6.45, 7) is 1.41. The maximum Gasteiger partial charge on any atom is 0.319 e. The van der Waals surface area contributed by atoms with Gasteiger partial charge in [0.2, 0.25) is 0 Å². The third kappa shape index (κ3) is 6.44. The molecule has 0 aliphatic carbocycles. The van der Waals surface area contributed by atoms with Crippen molar-refractivity contribution in [1.29, 1.82) is 0 Å². The molecule has 1 heterocycles. The number of amides is 2. The van der Waals surface area contributed by atoms with Crippen LogP contribution in [0.4, 0.5) is 10.5 Å². The summed E-state index contributed by atoms with van der Waals surface area (Å²) < 4.78 is 16.2. The maximum absolute atomic E-state index is 12.4. The van der Waals surface area contributed by atoms with E-state index in [9.17, 15) is 15.0 Å². The Bertz CT molecular complexity index is 667. The lowest BCUT2D eigenvalue weighted by Crippen LogP contribution is -2.51. The van der Waals surface area contributed by atoms with Gasteiger partial charge in [0.05, 0.1) is 33.0 Å². The zero-order chi connectivity index (χ0) is 22.3. The minimum atomic E-state index is -0.848. The third-order valence-corrected chi connectivity index (χ3v) is 5.12. The molecule has 1 fully saturated rings. The number of aliphatic hydroxyl groups excluding tert-OH is 2. The molecule has 0 unspecified atom stereocenters. The summed E-state index contributed by atoms with van der Waals surface area (Å²) in [6, 6.07) is 4.29. The summed E-state index contributed by atoms with van der Waals surface area (Å²) in [5.74, 6) is 1.11. The second kappa shape index (κ2) is 11.3. The summed E-state index contributed by atoms with van der Waals surface area (Å²) in [6.07, 6.45) is -2.00. The van der Waals surface area contributed by atoms with Gasteiger partial charge < -0.3 is 40.0 Å². The van der Waals surface area contributed by atoms with E-state index >= 15 is 0 Å². The lowest BCUT2D eigenvalue weighted by molar-refractivity contribution is -0.0205. The first-order valence-electron chi connectivity index (χ1n) is 9.86. The Hall–Kier alpha value is -2.11. The SMILES string of the molecule is COc1cc(NC(=O)NC[C@H]2O[C@@H](CO)[C@@H](O)[C@@H]2N(C)CCN(C)C)cc(OC)c1. The topological polar surface area (TPSA) is 116 Å². The first kappa shape index (κ1) is 24.2. The fourth-order valence-electron chi connectivity index (χ4n) is 3.44. The normalized spacial score (nSPS) is 23.6. The average Bonchev–Trinajstić information content (AvgIpc) is 3.05. The molecule has 170 valence electrons. The number of benzene rings is 1. The van der Waals surface area contributed by atoms with Gasteiger partial charge in [-0.15, -0.1) is 0 Å². The van der Waals surface area contributed by atoms with Gasteiger partial charge in [-0.3, -0.25) is 4.90 Å². The number of carbonyl (C=O) groups excluding carboxylic acids is 1. The van der Waals surface area contributed by atoms with Crippen LogP contribution in [-0.2, 0) is 4.74 Å². The Morgan fingerprint density at radius 2 is 1.73 bits per heavy atom. The van der Waals surface area contributed by atoms with Crippen molar-refractivity contribution >= 4 is 11.7 Å². The smallest absolute Gasteiger partial charge is 0.319 e. The molecule has 1 aromatic rings. The molecule has 0 radical (unpaired) electrons. The predicted octanol–water partition coefficient (Wildman–Crippen LogP) is -0.192. The number of methoxy groups -OCH3 is 2. The molecule has 4 N–H and O–H groups in total. The van der Waals surface area contributed by atoms with Crippen LogP contribution in [0, 0.1) is 0 Å². The summed E-state index contributed by atoms with van der Waals surface area (Å²) in [5, 5.41) is 25.6. The highest BCUT2D eigenvalue weighted by atomic mass is 16.5. The highest BCUT2D eigenvalue weighted by Gasteiger charge is 2.45. The van der Waals surface area contributed by atoms with Crippen molar-refractivity contribution in [1.82, 2.24) is 15.1 Å². The minimum absolute atomic E-state index is 0.178. The van der Waals surface area contributed by atoms with Crippen LogP contribution in [0.25, 0.3) is 0 Å². The van der Waals surface area contributed by atoms with Gasteiger partial charge in [-0.2, -0.15) is 0 Å². The Balaban J connectivity index is 1.98. The van der Waals surface area contributed by atoms with Gasteiger partial charge in [-0.25, -0.2) is 4.79 Å². The minimum Gasteiger partial charge on any atom is -0.497 e. The van der Waals surface area contributed by atoms with Crippen LogP contribution in [0.1, 0.15) is 0 Å². The Morgan fingerprint density at radius 1 is 1.10 bits per heavy atom. The number of ether oxygens (including phenoxy) is 3. The number of nitrogens with zero attached hydrogens (tertiary/aromatic N) is 2. The van der Waals surface area contributed by atoms with Gasteiger partial charge >= 0.3 is 6.03 Å². The van der Waals surface area contributed by atoms with Crippen LogP contribution in [0.15, 0.2) is 18.2 Å². The molecule has 0 saturated carbocycles. The van der Waals surface area contributed by atoms with Gasteiger partial charge in [0, 0.05) is 43.5 Å². The molecule has 30 heavy (non-hydrogen) atoms. The van der Waals surface area contributed by atoms with Crippen molar-refractivity contribution in [3.8, 4) is 11.5 Å². The van der Waals surface area contributed by atoms with E-state index in [1.54, 1.807) is 18.2 Å². The Morgan fingerprint density at radius 3 is 2.27 bits per heavy atom. The quantitative estimate of drug-likeness (QED) is 0.407. The Kier molecular flexibility index (Phi) is 9.12. The van der Waals surface area contributed by atoms with E-state index in [4.69, 9.17) is 14.2 Å². The van der Waals surface area contributed by atoms with Gasteiger partial charge in [-0.1, -0.05) is 0 Å². The number of likely N-dealkylation sites (N-methyl/N-ethyl adjacent to an activating group) is 2. The molecule has 1 aliphatic heterocycles. The summed E-state index contributed by atoms with van der Waals surface area (Å²) in [5.41, 5.74) is 0.518. The van der Waals surface area contributed by atoms with Crippen LogP contribution in [0.3, 0.4) is 0 Å². The Labute approximate surface area is 177 Å². The van der Waals surface area contributed by atoms with Gasteiger partial charge in [0.15, 0.2) is 0 Å². The highest BCUT2D eigenvalue weighted by molar-refractivity contribution is 5.89. The van der Waals surface area contributed by atoms with Crippen molar-refractivity contribution in [2.75, 3.05) is 66.9 Å². The molecule has 2 amide bonds. The molecular weight excluding hydrogens is 392 g/mol.